The summed E-state index contributed by atoms with van der Waals surface area (Å²) in [5.74, 6) is 2.08. The molecule has 21 heavy (non-hydrogen) atoms. The summed E-state index contributed by atoms with van der Waals surface area (Å²) in [4.78, 5) is 4.36. The molecule has 110 valence electrons. The van der Waals surface area contributed by atoms with E-state index in [2.05, 4.69) is 10.3 Å². The second-order valence-electron chi connectivity index (χ2n) is 5.10. The van der Waals surface area contributed by atoms with Gasteiger partial charge in [-0.2, -0.15) is 0 Å². The molecule has 0 spiro atoms. The first-order chi connectivity index (χ1) is 10.4. The Bertz CT molecular complexity index is 597. The number of benzene rings is 1. The summed E-state index contributed by atoms with van der Waals surface area (Å²) < 4.78 is 11.6. The summed E-state index contributed by atoms with van der Waals surface area (Å²) in [5, 5.41) is 3.49. The van der Waals surface area contributed by atoms with Gasteiger partial charge in [0.15, 0.2) is 11.5 Å². The Morgan fingerprint density at radius 3 is 2.71 bits per heavy atom. The van der Waals surface area contributed by atoms with E-state index in [1.54, 1.807) is 6.20 Å². The number of rotatable bonds is 7. The zero-order chi connectivity index (χ0) is 14.5. The van der Waals surface area contributed by atoms with Crippen LogP contribution < -0.4 is 14.8 Å². The van der Waals surface area contributed by atoms with Crippen molar-refractivity contribution in [2.24, 2.45) is 0 Å². The van der Waals surface area contributed by atoms with Gasteiger partial charge in [-0.05, 0) is 38.0 Å². The van der Waals surface area contributed by atoms with Gasteiger partial charge in [-0.15, -0.1) is 0 Å². The first-order valence-corrected chi connectivity index (χ1v) is 7.43. The van der Waals surface area contributed by atoms with Crippen molar-refractivity contribution in [3.63, 3.8) is 0 Å². The van der Waals surface area contributed by atoms with Gasteiger partial charge in [0.25, 0.3) is 0 Å². The Balaban J connectivity index is 1.77. The van der Waals surface area contributed by atoms with Gasteiger partial charge >= 0.3 is 0 Å². The van der Waals surface area contributed by atoms with Crippen LogP contribution in [0.15, 0.2) is 42.6 Å². The van der Waals surface area contributed by atoms with Gasteiger partial charge in [-0.3, -0.25) is 0 Å². The van der Waals surface area contributed by atoms with Crippen molar-refractivity contribution in [3.8, 4) is 17.4 Å². The molecule has 0 unspecified atom stereocenters. The molecule has 1 heterocycles. The molecule has 0 radical (unpaired) electrons. The van der Waals surface area contributed by atoms with Crippen LogP contribution >= 0.6 is 0 Å². The second-order valence-corrected chi connectivity index (χ2v) is 5.10. The maximum Gasteiger partial charge on any atom is 0.223 e. The lowest BCUT2D eigenvalue weighted by Gasteiger charge is -2.13. The van der Waals surface area contributed by atoms with Crippen LogP contribution in [0.4, 0.5) is 0 Å². The minimum Gasteiger partial charge on any atom is -0.490 e. The number of hydrogen-bond acceptors (Lipinski definition) is 4. The van der Waals surface area contributed by atoms with E-state index >= 15 is 0 Å². The maximum absolute atomic E-state index is 5.97. The average Bonchev–Trinajstić information content (AvgIpc) is 3.33. The number of aromatic nitrogens is 1. The van der Waals surface area contributed by atoms with Crippen molar-refractivity contribution in [1.29, 1.82) is 0 Å². The van der Waals surface area contributed by atoms with Gasteiger partial charge < -0.3 is 14.8 Å². The molecular weight excluding hydrogens is 264 g/mol. The summed E-state index contributed by atoms with van der Waals surface area (Å²) in [6.45, 7) is 3.35. The highest BCUT2D eigenvalue weighted by Gasteiger charge is 2.21. The molecule has 3 rings (SSSR count). The van der Waals surface area contributed by atoms with Crippen LogP contribution in [0, 0.1) is 0 Å². The lowest BCUT2D eigenvalue weighted by Crippen LogP contribution is -2.16. The fourth-order valence-corrected chi connectivity index (χ4v) is 2.11. The number of ether oxygens (including phenoxy) is 2. The molecule has 4 heteroatoms. The molecule has 4 nitrogen and oxygen atoms in total. The van der Waals surface area contributed by atoms with E-state index in [1.165, 1.54) is 12.8 Å². The maximum atomic E-state index is 5.97. The monoisotopic (exact) mass is 284 g/mol. The van der Waals surface area contributed by atoms with Crippen LogP contribution in [-0.2, 0) is 6.54 Å². The third-order valence-electron chi connectivity index (χ3n) is 3.36. The topological polar surface area (TPSA) is 43.4 Å². The van der Waals surface area contributed by atoms with Crippen molar-refractivity contribution < 1.29 is 9.47 Å². The smallest absolute Gasteiger partial charge is 0.223 e. The number of nitrogens with zero attached hydrogens (tertiary/aromatic N) is 1. The molecule has 1 aromatic heterocycles. The summed E-state index contributed by atoms with van der Waals surface area (Å²) in [6, 6.07) is 12.3. The van der Waals surface area contributed by atoms with Crippen LogP contribution in [-0.4, -0.2) is 17.6 Å². The standard InChI is InChI=1S/C17H20N2O2/c1-2-20-15-7-3-4-8-16(15)21-17-13(6-5-11-18-17)12-19-14-9-10-14/h3-8,11,14,19H,2,9-10,12H2,1H3. The first kappa shape index (κ1) is 13.9. The highest BCUT2D eigenvalue weighted by Crippen LogP contribution is 2.32. The molecule has 0 bridgehead atoms. The molecule has 1 aliphatic carbocycles. The van der Waals surface area contributed by atoms with Crippen LogP contribution in [0.5, 0.6) is 17.4 Å². The first-order valence-electron chi connectivity index (χ1n) is 7.43. The molecule has 1 aromatic carbocycles. The van der Waals surface area contributed by atoms with Gasteiger partial charge in [-0.25, -0.2) is 4.98 Å². The molecule has 0 atom stereocenters. The van der Waals surface area contributed by atoms with Gasteiger partial charge in [0.05, 0.1) is 6.61 Å². The minimum atomic E-state index is 0.610. The van der Waals surface area contributed by atoms with Crippen molar-refractivity contribution in [3.05, 3.63) is 48.2 Å². The van der Waals surface area contributed by atoms with E-state index in [0.717, 1.165) is 17.9 Å². The Morgan fingerprint density at radius 2 is 1.95 bits per heavy atom. The molecule has 1 fully saturated rings. The van der Waals surface area contributed by atoms with Gasteiger partial charge in [0, 0.05) is 24.3 Å². The lowest BCUT2D eigenvalue weighted by atomic mass is 10.2. The van der Waals surface area contributed by atoms with E-state index < -0.39 is 0 Å². The fourth-order valence-electron chi connectivity index (χ4n) is 2.11. The summed E-state index contributed by atoms with van der Waals surface area (Å²) in [7, 11) is 0. The lowest BCUT2D eigenvalue weighted by molar-refractivity contribution is 0.319. The van der Waals surface area contributed by atoms with Gasteiger partial charge in [-0.1, -0.05) is 18.2 Å². The van der Waals surface area contributed by atoms with Gasteiger partial charge in [0.1, 0.15) is 0 Å². The van der Waals surface area contributed by atoms with Crippen LogP contribution in [0.25, 0.3) is 0 Å². The quantitative estimate of drug-likeness (QED) is 0.844. The van der Waals surface area contributed by atoms with Crippen LogP contribution in [0.3, 0.4) is 0 Å². The molecule has 1 aliphatic rings. The Morgan fingerprint density at radius 1 is 1.14 bits per heavy atom. The predicted molar refractivity (Wildman–Crippen MR) is 81.8 cm³/mol. The van der Waals surface area contributed by atoms with Crippen molar-refractivity contribution in [1.82, 2.24) is 10.3 Å². The van der Waals surface area contributed by atoms with Crippen molar-refractivity contribution in [2.45, 2.75) is 32.4 Å². The van der Waals surface area contributed by atoms with Crippen LogP contribution in [0.1, 0.15) is 25.3 Å². The molecule has 1 saturated carbocycles. The highest BCUT2D eigenvalue weighted by molar-refractivity contribution is 5.42. The zero-order valence-electron chi connectivity index (χ0n) is 12.2. The Labute approximate surface area is 125 Å². The van der Waals surface area contributed by atoms with E-state index in [0.29, 0.717) is 24.3 Å². The Hall–Kier alpha value is -2.07. The molecule has 1 N–H and O–H groups in total. The summed E-state index contributed by atoms with van der Waals surface area (Å²) in [6.07, 6.45) is 4.28. The molecular formula is C17H20N2O2. The fraction of sp³-hybridized carbons (Fsp3) is 0.353. The number of pyridine rings is 1. The van der Waals surface area contributed by atoms with E-state index in [1.807, 2.05) is 43.3 Å². The molecule has 2 aromatic rings. The molecule has 0 saturated heterocycles. The van der Waals surface area contributed by atoms with Gasteiger partial charge in [0.2, 0.25) is 5.88 Å². The highest BCUT2D eigenvalue weighted by atomic mass is 16.5. The molecule has 0 amide bonds. The number of nitrogens with one attached hydrogen (secondary N) is 1. The third kappa shape index (κ3) is 3.73. The zero-order valence-corrected chi connectivity index (χ0v) is 12.2. The van der Waals surface area contributed by atoms with Crippen LogP contribution in [0.2, 0.25) is 0 Å². The van der Waals surface area contributed by atoms with Crippen molar-refractivity contribution in [2.75, 3.05) is 6.61 Å². The summed E-state index contributed by atoms with van der Waals surface area (Å²) >= 11 is 0. The Kier molecular flexibility index (Phi) is 4.36. The van der Waals surface area contributed by atoms with E-state index in [-0.39, 0.29) is 0 Å². The SMILES string of the molecule is CCOc1ccccc1Oc1ncccc1CNC1CC1. The minimum absolute atomic E-state index is 0.610. The average molecular weight is 284 g/mol. The van der Waals surface area contributed by atoms with E-state index in [9.17, 15) is 0 Å². The number of para-hydroxylation sites is 2. The number of hydrogen-bond donors (Lipinski definition) is 1. The predicted octanol–water partition coefficient (Wildman–Crippen LogP) is 3.52. The van der Waals surface area contributed by atoms with E-state index in [4.69, 9.17) is 9.47 Å². The molecule has 0 aliphatic heterocycles. The third-order valence-corrected chi connectivity index (χ3v) is 3.36. The normalized spacial score (nSPS) is 14.0. The van der Waals surface area contributed by atoms with Crippen molar-refractivity contribution >= 4 is 0 Å². The largest absolute Gasteiger partial charge is 0.490 e. The summed E-state index contributed by atoms with van der Waals surface area (Å²) in [5.41, 5.74) is 1.07. The second kappa shape index (κ2) is 6.59.